The van der Waals surface area contributed by atoms with E-state index >= 15 is 0 Å². The molecule has 0 unspecified atom stereocenters. The van der Waals surface area contributed by atoms with E-state index in [1.54, 1.807) is 31.7 Å². The van der Waals surface area contributed by atoms with E-state index in [0.29, 0.717) is 23.3 Å². The second-order valence-corrected chi connectivity index (χ2v) is 7.62. The Hall–Kier alpha value is -4.20. The lowest BCUT2D eigenvalue weighted by atomic mass is 9.98. The maximum absolute atomic E-state index is 7.56. The third kappa shape index (κ3) is 4.75. The molecule has 1 aromatic heterocycles. The van der Waals surface area contributed by atoms with Crippen molar-refractivity contribution in [2.75, 3.05) is 7.05 Å². The molecule has 0 radical (unpaired) electrons. The predicted octanol–water partition coefficient (Wildman–Crippen LogP) is 2.49. The first-order valence-electron chi connectivity index (χ1n) is 10.4. The summed E-state index contributed by atoms with van der Waals surface area (Å²) < 4.78 is 0. The predicted molar refractivity (Wildman–Crippen MR) is 130 cm³/mol. The zero-order valence-electron chi connectivity index (χ0n) is 17.8. The zero-order chi connectivity index (χ0) is 22.5. The van der Waals surface area contributed by atoms with Gasteiger partial charge in [0.15, 0.2) is 0 Å². The highest BCUT2D eigenvalue weighted by Gasteiger charge is 2.24. The van der Waals surface area contributed by atoms with Gasteiger partial charge in [0.05, 0.1) is 11.4 Å². The molecule has 1 saturated carbocycles. The second-order valence-electron chi connectivity index (χ2n) is 7.62. The van der Waals surface area contributed by atoms with Gasteiger partial charge in [-0.2, -0.15) is 0 Å². The van der Waals surface area contributed by atoms with E-state index in [2.05, 4.69) is 25.6 Å². The van der Waals surface area contributed by atoms with Crippen LogP contribution in [0, 0.1) is 11.3 Å². The zero-order valence-corrected chi connectivity index (χ0v) is 17.8. The largest absolute Gasteiger partial charge is 0.398 e. The molecule has 3 heterocycles. The van der Waals surface area contributed by atoms with Crippen molar-refractivity contribution in [1.82, 2.24) is 15.6 Å². The molecule has 3 aliphatic rings. The number of nitrogens with two attached hydrogens (primary N) is 2. The molecule has 1 aromatic rings. The average Bonchev–Trinajstić information content (AvgIpc) is 3.66. The first-order valence-corrected chi connectivity index (χ1v) is 10.4. The van der Waals surface area contributed by atoms with E-state index < -0.39 is 0 Å². The Kier molecular flexibility index (Phi) is 6.12. The van der Waals surface area contributed by atoms with Crippen molar-refractivity contribution in [2.45, 2.75) is 12.8 Å². The number of nitrogens with zero attached hydrogens (tertiary/aromatic N) is 3. The van der Waals surface area contributed by atoms with Gasteiger partial charge in [0.2, 0.25) is 0 Å². The molecular weight excluding hydrogens is 400 g/mol. The van der Waals surface area contributed by atoms with Crippen LogP contribution < -0.4 is 22.1 Å². The van der Waals surface area contributed by atoms with Crippen LogP contribution in [0.4, 0.5) is 0 Å². The fraction of sp³-hybridized carbons (Fsp3) is 0.167. The van der Waals surface area contributed by atoms with Gasteiger partial charge in [0.1, 0.15) is 11.7 Å². The maximum Gasteiger partial charge on any atom is 0.132 e. The summed E-state index contributed by atoms with van der Waals surface area (Å²) in [6.07, 6.45) is 18.2. The van der Waals surface area contributed by atoms with Gasteiger partial charge in [-0.15, -0.1) is 0 Å². The number of aliphatic imine (C=N–C) groups is 2. The van der Waals surface area contributed by atoms with Crippen molar-refractivity contribution in [2.24, 2.45) is 27.4 Å². The number of allylic oxidation sites excluding steroid dienone is 6. The lowest BCUT2D eigenvalue weighted by molar-refractivity contribution is 0.875. The van der Waals surface area contributed by atoms with E-state index in [9.17, 15) is 0 Å². The van der Waals surface area contributed by atoms with Crippen molar-refractivity contribution in [3.8, 4) is 0 Å². The molecule has 4 rings (SSSR count). The Morgan fingerprint density at radius 2 is 2.09 bits per heavy atom. The van der Waals surface area contributed by atoms with Gasteiger partial charge in [-0.3, -0.25) is 9.98 Å². The van der Waals surface area contributed by atoms with Gasteiger partial charge < -0.3 is 27.5 Å². The van der Waals surface area contributed by atoms with Crippen molar-refractivity contribution >= 4 is 24.0 Å². The van der Waals surface area contributed by atoms with E-state index in [1.165, 1.54) is 6.21 Å². The number of fused-ring (bicyclic) bond motifs is 1. The Morgan fingerprint density at radius 3 is 2.78 bits per heavy atom. The fourth-order valence-corrected chi connectivity index (χ4v) is 3.45. The van der Waals surface area contributed by atoms with Crippen LogP contribution in [0.5, 0.6) is 0 Å². The Bertz CT molecular complexity index is 1160. The summed E-state index contributed by atoms with van der Waals surface area (Å²) in [5.41, 5.74) is 18.3. The van der Waals surface area contributed by atoms with Gasteiger partial charge in [0, 0.05) is 60.5 Å². The van der Waals surface area contributed by atoms with E-state index in [0.717, 1.165) is 46.5 Å². The molecule has 0 bridgehead atoms. The van der Waals surface area contributed by atoms with Gasteiger partial charge in [-0.25, -0.2) is 4.99 Å². The van der Waals surface area contributed by atoms with Crippen LogP contribution in [-0.4, -0.2) is 30.3 Å². The molecule has 8 nitrogen and oxygen atoms in total. The van der Waals surface area contributed by atoms with Crippen LogP contribution in [0.2, 0.25) is 0 Å². The van der Waals surface area contributed by atoms with Crippen molar-refractivity contribution < 1.29 is 0 Å². The number of nitrogens with one attached hydrogen (secondary N) is 3. The summed E-state index contributed by atoms with van der Waals surface area (Å²) in [6.45, 7) is 0. The molecule has 0 atom stereocenters. The van der Waals surface area contributed by atoms with E-state index in [1.807, 2.05) is 36.6 Å². The Balaban J connectivity index is 1.59. The highest BCUT2D eigenvalue weighted by Crippen LogP contribution is 2.35. The number of rotatable bonds is 7. The smallest absolute Gasteiger partial charge is 0.132 e. The number of aromatic nitrogens is 1. The van der Waals surface area contributed by atoms with Gasteiger partial charge in [-0.1, -0.05) is 0 Å². The van der Waals surface area contributed by atoms with Crippen molar-refractivity contribution in [3.63, 3.8) is 0 Å². The molecule has 162 valence electrons. The van der Waals surface area contributed by atoms with E-state index in [4.69, 9.17) is 16.9 Å². The molecule has 1 fully saturated rings. The normalized spacial score (nSPS) is 19.5. The van der Waals surface area contributed by atoms with Crippen molar-refractivity contribution in [1.29, 1.82) is 5.41 Å². The molecule has 0 saturated heterocycles. The number of hydrogen-bond donors (Lipinski definition) is 5. The number of hydrogen-bond acceptors (Lipinski definition) is 7. The lowest BCUT2D eigenvalue weighted by Gasteiger charge is -2.24. The SMILES string of the molecule is CN=CC(C1=CNC2=CC=C(N=C(N)C=C(C=N)C3CC3)NC2=C1)=C(N)c1cccnc1. The van der Waals surface area contributed by atoms with Crippen LogP contribution >= 0.6 is 0 Å². The first kappa shape index (κ1) is 21.0. The summed E-state index contributed by atoms with van der Waals surface area (Å²) in [6, 6.07) is 3.76. The summed E-state index contributed by atoms with van der Waals surface area (Å²) in [5, 5.41) is 14.2. The number of dihydropyridines is 2. The van der Waals surface area contributed by atoms with Crippen LogP contribution in [-0.2, 0) is 0 Å². The minimum atomic E-state index is 0.366. The molecule has 0 amide bonds. The maximum atomic E-state index is 7.56. The van der Waals surface area contributed by atoms with Crippen LogP contribution in [0.25, 0.3) is 5.70 Å². The molecule has 0 aromatic carbocycles. The van der Waals surface area contributed by atoms with Gasteiger partial charge in [-0.05, 0) is 60.8 Å². The lowest BCUT2D eigenvalue weighted by Crippen LogP contribution is -2.27. The van der Waals surface area contributed by atoms with Crippen LogP contribution in [0.1, 0.15) is 18.4 Å². The Morgan fingerprint density at radius 1 is 1.25 bits per heavy atom. The molecule has 2 aliphatic heterocycles. The summed E-state index contributed by atoms with van der Waals surface area (Å²) in [7, 11) is 1.71. The van der Waals surface area contributed by atoms with Gasteiger partial charge in [0.25, 0.3) is 0 Å². The molecule has 1 aliphatic carbocycles. The van der Waals surface area contributed by atoms with E-state index in [-0.39, 0.29) is 0 Å². The molecule has 32 heavy (non-hydrogen) atoms. The standard InChI is InChI=1S/C24H26N8/c1-28-14-19(24(27)16-3-2-8-29-12-16)18-9-21-20(30-13-18)6-7-23(31-21)32-22(26)10-17(11-25)15-4-5-15/h2-3,6-15,25,30-31H,4-5,27H2,1H3,(H2,26,32). The first-order chi connectivity index (χ1) is 15.6. The monoisotopic (exact) mass is 426 g/mol. The molecule has 8 heteroatoms. The average molecular weight is 427 g/mol. The van der Waals surface area contributed by atoms with Crippen LogP contribution in [0.3, 0.4) is 0 Å². The third-order valence-electron chi connectivity index (χ3n) is 5.26. The summed E-state index contributed by atoms with van der Waals surface area (Å²) >= 11 is 0. The number of amidine groups is 1. The van der Waals surface area contributed by atoms with Crippen LogP contribution in [0.15, 0.2) is 98.9 Å². The quantitative estimate of drug-likeness (QED) is 0.337. The Labute approximate surface area is 187 Å². The summed E-state index contributed by atoms with van der Waals surface area (Å²) in [4.78, 5) is 12.8. The molecule has 7 N–H and O–H groups in total. The third-order valence-corrected chi connectivity index (χ3v) is 5.26. The fourth-order valence-electron chi connectivity index (χ4n) is 3.45. The molecular formula is C24H26N8. The minimum Gasteiger partial charge on any atom is -0.398 e. The number of pyridine rings is 1. The highest BCUT2D eigenvalue weighted by molar-refractivity contribution is 5.98. The second kappa shape index (κ2) is 9.30. The minimum absolute atomic E-state index is 0.366. The van der Waals surface area contributed by atoms with Gasteiger partial charge >= 0.3 is 0 Å². The highest BCUT2D eigenvalue weighted by atomic mass is 15.1. The van der Waals surface area contributed by atoms with Crippen molar-refractivity contribution in [3.05, 3.63) is 94.5 Å². The summed E-state index contributed by atoms with van der Waals surface area (Å²) in [5.74, 6) is 1.42. The molecule has 0 spiro atoms. The topological polar surface area (TPSA) is 138 Å².